The number of rotatable bonds is 8. The van der Waals surface area contributed by atoms with Crippen molar-refractivity contribution in [3.63, 3.8) is 0 Å². The van der Waals surface area contributed by atoms with Gasteiger partial charge >= 0.3 is 5.97 Å². The van der Waals surface area contributed by atoms with Crippen molar-refractivity contribution < 1.29 is 14.1 Å². The standard InChI is InChI=1S/C11H17N3O3S2/c1-19(17)6-2-5-14-10(8-3-4-8)12-13-11(14)18-7-9(15)16/h8H,2-7H2,1H3,(H,15,16). The number of aromatic nitrogens is 3. The van der Waals surface area contributed by atoms with Gasteiger partial charge in [0.15, 0.2) is 5.16 Å². The van der Waals surface area contributed by atoms with Crippen LogP contribution >= 0.6 is 11.8 Å². The lowest BCUT2D eigenvalue weighted by molar-refractivity contribution is -0.133. The van der Waals surface area contributed by atoms with E-state index in [-0.39, 0.29) is 5.75 Å². The Hall–Kier alpha value is -0.890. The molecule has 0 aromatic carbocycles. The van der Waals surface area contributed by atoms with Crippen LogP contribution < -0.4 is 0 Å². The van der Waals surface area contributed by atoms with Crippen LogP contribution in [0.1, 0.15) is 31.0 Å². The first kappa shape index (κ1) is 14.5. The molecule has 1 heterocycles. The monoisotopic (exact) mass is 303 g/mol. The van der Waals surface area contributed by atoms with Crippen molar-refractivity contribution in [3.05, 3.63) is 5.82 Å². The summed E-state index contributed by atoms with van der Waals surface area (Å²) in [4.78, 5) is 10.6. The predicted molar refractivity (Wildman–Crippen MR) is 73.9 cm³/mol. The lowest BCUT2D eigenvalue weighted by Crippen LogP contribution is -2.09. The first-order valence-electron chi connectivity index (χ1n) is 6.15. The third-order valence-electron chi connectivity index (χ3n) is 2.83. The summed E-state index contributed by atoms with van der Waals surface area (Å²) in [5, 5.41) is 17.6. The van der Waals surface area contributed by atoms with Gasteiger partial charge in [-0.2, -0.15) is 0 Å². The van der Waals surface area contributed by atoms with Gasteiger partial charge in [0.25, 0.3) is 0 Å². The Bertz CT molecular complexity index is 486. The zero-order valence-electron chi connectivity index (χ0n) is 10.7. The fraction of sp³-hybridized carbons (Fsp3) is 0.727. The highest BCUT2D eigenvalue weighted by atomic mass is 32.2. The molecule has 1 aliphatic rings. The Kier molecular flexibility index (Phi) is 4.98. The normalized spacial score (nSPS) is 16.5. The van der Waals surface area contributed by atoms with E-state index in [1.807, 2.05) is 4.57 Å². The summed E-state index contributed by atoms with van der Waals surface area (Å²) in [6, 6.07) is 0. The van der Waals surface area contributed by atoms with Crippen molar-refractivity contribution >= 4 is 28.5 Å². The minimum atomic E-state index is -0.859. The highest BCUT2D eigenvalue weighted by Gasteiger charge is 2.30. The molecule has 0 spiro atoms. The lowest BCUT2D eigenvalue weighted by atomic mass is 10.4. The molecule has 1 atom stereocenters. The van der Waals surface area contributed by atoms with E-state index in [9.17, 15) is 9.00 Å². The summed E-state index contributed by atoms with van der Waals surface area (Å²) in [6.07, 6.45) is 4.73. The molecule has 0 bridgehead atoms. The van der Waals surface area contributed by atoms with Crippen LogP contribution in [-0.4, -0.2) is 47.8 Å². The van der Waals surface area contributed by atoms with E-state index in [4.69, 9.17) is 5.11 Å². The topological polar surface area (TPSA) is 85.1 Å². The first-order valence-corrected chi connectivity index (χ1v) is 8.87. The number of carboxylic acids is 1. The molecule has 1 saturated carbocycles. The Morgan fingerprint density at radius 1 is 1.53 bits per heavy atom. The van der Waals surface area contributed by atoms with Gasteiger partial charge in [-0.15, -0.1) is 10.2 Å². The largest absolute Gasteiger partial charge is 0.481 e. The maximum absolute atomic E-state index is 11.1. The van der Waals surface area contributed by atoms with Crippen molar-refractivity contribution in [2.24, 2.45) is 0 Å². The smallest absolute Gasteiger partial charge is 0.313 e. The molecular weight excluding hydrogens is 286 g/mol. The van der Waals surface area contributed by atoms with Gasteiger partial charge in [-0.05, 0) is 19.3 Å². The van der Waals surface area contributed by atoms with E-state index in [1.54, 1.807) is 6.26 Å². The summed E-state index contributed by atoms with van der Waals surface area (Å²) < 4.78 is 13.1. The van der Waals surface area contributed by atoms with E-state index < -0.39 is 16.8 Å². The Morgan fingerprint density at radius 3 is 2.84 bits per heavy atom. The van der Waals surface area contributed by atoms with E-state index in [2.05, 4.69) is 10.2 Å². The number of hydrogen-bond acceptors (Lipinski definition) is 5. The van der Waals surface area contributed by atoms with Crippen molar-refractivity contribution in [3.8, 4) is 0 Å². The molecule has 1 fully saturated rings. The summed E-state index contributed by atoms with van der Waals surface area (Å²) in [5.41, 5.74) is 0. The van der Waals surface area contributed by atoms with Gasteiger partial charge in [-0.3, -0.25) is 9.00 Å². The molecule has 1 aromatic heterocycles. The van der Waals surface area contributed by atoms with E-state index in [0.717, 1.165) is 25.1 Å². The van der Waals surface area contributed by atoms with Gasteiger partial charge in [0, 0.05) is 35.3 Å². The number of carbonyl (C=O) groups is 1. The second-order valence-electron chi connectivity index (χ2n) is 4.58. The zero-order chi connectivity index (χ0) is 13.8. The maximum Gasteiger partial charge on any atom is 0.313 e. The summed E-state index contributed by atoms with van der Waals surface area (Å²) >= 11 is 1.19. The molecule has 6 nitrogen and oxygen atoms in total. The van der Waals surface area contributed by atoms with Gasteiger partial charge in [-0.25, -0.2) is 0 Å². The van der Waals surface area contributed by atoms with Gasteiger partial charge in [0.2, 0.25) is 0 Å². The quantitative estimate of drug-likeness (QED) is 0.724. The Morgan fingerprint density at radius 2 is 2.26 bits per heavy atom. The molecule has 19 heavy (non-hydrogen) atoms. The molecule has 0 radical (unpaired) electrons. The van der Waals surface area contributed by atoms with E-state index >= 15 is 0 Å². The van der Waals surface area contributed by atoms with Crippen molar-refractivity contribution in [2.75, 3.05) is 17.8 Å². The second-order valence-corrected chi connectivity index (χ2v) is 7.08. The van der Waals surface area contributed by atoms with Gasteiger partial charge < -0.3 is 9.67 Å². The molecule has 0 saturated heterocycles. The van der Waals surface area contributed by atoms with Crippen LogP contribution in [-0.2, 0) is 22.1 Å². The third-order valence-corrected chi connectivity index (χ3v) is 4.64. The number of nitrogens with zero attached hydrogens (tertiary/aromatic N) is 3. The van der Waals surface area contributed by atoms with Gasteiger partial charge in [0.05, 0.1) is 5.75 Å². The Labute approximate surface area is 118 Å². The molecule has 1 aromatic rings. The summed E-state index contributed by atoms with van der Waals surface area (Å²) in [7, 11) is -0.802. The van der Waals surface area contributed by atoms with Crippen molar-refractivity contribution in [1.29, 1.82) is 0 Å². The molecule has 0 aliphatic heterocycles. The van der Waals surface area contributed by atoms with Crippen LogP contribution in [0.5, 0.6) is 0 Å². The molecule has 1 aliphatic carbocycles. The molecule has 1 unspecified atom stereocenters. The number of aliphatic carboxylic acids is 1. The van der Waals surface area contributed by atoms with Crippen LogP contribution in [0, 0.1) is 0 Å². The summed E-state index contributed by atoms with van der Waals surface area (Å²) in [5.74, 6) is 1.20. The molecule has 1 N–H and O–H groups in total. The molecule has 2 rings (SSSR count). The molecule has 8 heteroatoms. The SMILES string of the molecule is CS(=O)CCCn1c(SCC(=O)O)nnc1C1CC1. The zero-order valence-corrected chi connectivity index (χ0v) is 12.4. The van der Waals surface area contributed by atoms with Crippen molar-refractivity contribution in [1.82, 2.24) is 14.8 Å². The van der Waals surface area contributed by atoms with Gasteiger partial charge in [0.1, 0.15) is 5.82 Å². The highest BCUT2D eigenvalue weighted by molar-refractivity contribution is 7.99. The van der Waals surface area contributed by atoms with Crippen LogP contribution in [0.15, 0.2) is 5.16 Å². The Balaban J connectivity index is 2.04. The first-order chi connectivity index (χ1) is 9.08. The minimum Gasteiger partial charge on any atom is -0.481 e. The highest BCUT2D eigenvalue weighted by Crippen LogP contribution is 2.40. The predicted octanol–water partition coefficient (Wildman–Crippen LogP) is 1.10. The fourth-order valence-electron chi connectivity index (χ4n) is 1.81. The summed E-state index contributed by atoms with van der Waals surface area (Å²) in [6.45, 7) is 0.709. The minimum absolute atomic E-state index is 0.0114. The van der Waals surface area contributed by atoms with Crippen LogP contribution in [0.3, 0.4) is 0 Å². The molecular formula is C11H17N3O3S2. The fourth-order valence-corrected chi connectivity index (χ4v) is 3.04. The van der Waals surface area contributed by atoms with E-state index in [0.29, 0.717) is 23.4 Å². The van der Waals surface area contributed by atoms with E-state index in [1.165, 1.54) is 11.8 Å². The number of thioether (sulfide) groups is 1. The average Bonchev–Trinajstić information content (AvgIpc) is 3.09. The second kappa shape index (κ2) is 6.51. The maximum atomic E-state index is 11.1. The third kappa shape index (κ3) is 4.31. The molecule has 0 amide bonds. The van der Waals surface area contributed by atoms with Crippen LogP contribution in [0.4, 0.5) is 0 Å². The van der Waals surface area contributed by atoms with Crippen LogP contribution in [0.2, 0.25) is 0 Å². The molecule has 106 valence electrons. The lowest BCUT2D eigenvalue weighted by Gasteiger charge is -2.08. The number of hydrogen-bond donors (Lipinski definition) is 1. The number of carboxylic acid groups (broad SMARTS) is 1. The van der Waals surface area contributed by atoms with Crippen molar-refractivity contribution in [2.45, 2.75) is 36.9 Å². The van der Waals surface area contributed by atoms with Gasteiger partial charge in [-0.1, -0.05) is 11.8 Å². The average molecular weight is 303 g/mol. The van der Waals surface area contributed by atoms with Crippen LogP contribution in [0.25, 0.3) is 0 Å².